The zero-order valence-corrected chi connectivity index (χ0v) is 11.1. The highest BCUT2D eigenvalue weighted by Crippen LogP contribution is 2.48. The molecular weight excluding hydrogens is 230 g/mol. The minimum atomic E-state index is -0.397. The molecule has 2 amide bonds. The Morgan fingerprint density at radius 3 is 2.00 bits per heavy atom. The van der Waals surface area contributed by atoms with E-state index < -0.39 is 6.10 Å². The van der Waals surface area contributed by atoms with Gasteiger partial charge >= 0.3 is 0 Å². The van der Waals surface area contributed by atoms with Crippen LogP contribution in [0.15, 0.2) is 0 Å². The monoisotopic (exact) mass is 251 g/mol. The minimum absolute atomic E-state index is 0.0228. The van der Waals surface area contributed by atoms with Crippen molar-refractivity contribution in [3.63, 3.8) is 0 Å². The first-order valence-electron chi connectivity index (χ1n) is 6.99. The summed E-state index contributed by atoms with van der Waals surface area (Å²) in [5.41, 5.74) is -0.348. The van der Waals surface area contributed by atoms with Gasteiger partial charge < -0.3 is 5.11 Å². The third-order valence-corrected chi connectivity index (χ3v) is 5.35. The molecule has 3 fully saturated rings. The van der Waals surface area contributed by atoms with Gasteiger partial charge in [0.15, 0.2) is 0 Å². The van der Waals surface area contributed by atoms with Crippen LogP contribution in [0.1, 0.15) is 46.0 Å². The number of hydrogen-bond donors (Lipinski definition) is 1. The van der Waals surface area contributed by atoms with Crippen LogP contribution < -0.4 is 0 Å². The number of hydrogen-bond acceptors (Lipinski definition) is 3. The minimum Gasteiger partial charge on any atom is -0.392 e. The fraction of sp³-hybridized carbons (Fsp3) is 0.857. The van der Waals surface area contributed by atoms with Crippen LogP contribution in [0.5, 0.6) is 0 Å². The van der Waals surface area contributed by atoms with E-state index in [9.17, 15) is 14.7 Å². The maximum Gasteiger partial charge on any atom is 0.233 e. The molecule has 1 aliphatic heterocycles. The van der Waals surface area contributed by atoms with Gasteiger partial charge in [-0.25, -0.2) is 0 Å². The molecule has 100 valence electrons. The molecule has 4 unspecified atom stereocenters. The third-order valence-electron chi connectivity index (χ3n) is 5.35. The van der Waals surface area contributed by atoms with Gasteiger partial charge in [0.1, 0.15) is 0 Å². The van der Waals surface area contributed by atoms with Crippen molar-refractivity contribution in [2.45, 2.75) is 58.1 Å². The second-order valence-corrected chi connectivity index (χ2v) is 6.63. The van der Waals surface area contributed by atoms with Crippen LogP contribution in [-0.2, 0) is 9.59 Å². The average molecular weight is 251 g/mol. The second kappa shape index (κ2) is 3.80. The van der Waals surface area contributed by atoms with Gasteiger partial charge in [-0.15, -0.1) is 0 Å². The average Bonchev–Trinajstić information content (AvgIpc) is 2.60. The summed E-state index contributed by atoms with van der Waals surface area (Å²) in [4.78, 5) is 26.3. The van der Waals surface area contributed by atoms with Gasteiger partial charge in [0, 0.05) is 11.5 Å². The Labute approximate surface area is 107 Å². The number of carbonyl (C=O) groups is 2. The first kappa shape index (κ1) is 12.2. The van der Waals surface area contributed by atoms with Gasteiger partial charge in [-0.05, 0) is 19.3 Å². The fourth-order valence-corrected chi connectivity index (χ4v) is 3.81. The molecule has 4 heteroatoms. The van der Waals surface area contributed by atoms with E-state index in [1.54, 1.807) is 0 Å². The molecule has 0 bridgehead atoms. The number of rotatable bonds is 1. The number of aliphatic hydroxyl groups is 1. The van der Waals surface area contributed by atoms with Crippen LogP contribution in [0.3, 0.4) is 0 Å². The van der Waals surface area contributed by atoms with Crippen molar-refractivity contribution < 1.29 is 14.7 Å². The van der Waals surface area contributed by atoms with E-state index in [1.165, 1.54) is 4.90 Å². The van der Waals surface area contributed by atoms with E-state index in [0.29, 0.717) is 6.42 Å². The van der Waals surface area contributed by atoms with Crippen molar-refractivity contribution in [2.24, 2.45) is 17.3 Å². The van der Waals surface area contributed by atoms with E-state index in [4.69, 9.17) is 0 Å². The zero-order valence-electron chi connectivity index (χ0n) is 11.1. The van der Waals surface area contributed by atoms with Gasteiger partial charge in [-0.1, -0.05) is 26.7 Å². The molecule has 3 rings (SSSR count). The number of amides is 2. The summed E-state index contributed by atoms with van der Waals surface area (Å²) >= 11 is 0. The van der Waals surface area contributed by atoms with E-state index in [-0.39, 0.29) is 35.1 Å². The van der Waals surface area contributed by atoms with Crippen molar-refractivity contribution >= 4 is 11.8 Å². The third kappa shape index (κ3) is 1.41. The Bertz CT molecular complexity index is 380. The van der Waals surface area contributed by atoms with Crippen LogP contribution in [0.4, 0.5) is 0 Å². The number of imide groups is 1. The Morgan fingerprint density at radius 2 is 1.61 bits per heavy atom. The predicted octanol–water partition coefficient (Wildman–Crippen LogP) is 1.32. The second-order valence-electron chi connectivity index (χ2n) is 6.63. The summed E-state index contributed by atoms with van der Waals surface area (Å²) in [6, 6.07) is -0.0990. The van der Waals surface area contributed by atoms with Crippen LogP contribution in [0, 0.1) is 17.3 Å². The zero-order chi connectivity index (χ0) is 13.1. The molecule has 2 saturated carbocycles. The van der Waals surface area contributed by atoms with Crippen LogP contribution in [-0.4, -0.2) is 34.0 Å². The quantitative estimate of drug-likeness (QED) is 0.715. The van der Waals surface area contributed by atoms with Gasteiger partial charge in [-0.3, -0.25) is 14.5 Å². The van der Waals surface area contributed by atoms with Crippen molar-refractivity contribution in [3.8, 4) is 0 Å². The Hall–Kier alpha value is -0.900. The molecule has 1 N–H and O–H groups in total. The van der Waals surface area contributed by atoms with Gasteiger partial charge in [0.25, 0.3) is 0 Å². The SMILES string of the molecule is CC1(C)C(O)CC1N1C(=O)C2CCCCC2C1=O. The Morgan fingerprint density at radius 1 is 1.11 bits per heavy atom. The van der Waals surface area contributed by atoms with E-state index in [0.717, 1.165) is 25.7 Å². The predicted molar refractivity (Wildman–Crippen MR) is 65.5 cm³/mol. The van der Waals surface area contributed by atoms with Crippen molar-refractivity contribution in [1.29, 1.82) is 0 Å². The van der Waals surface area contributed by atoms with E-state index >= 15 is 0 Å². The molecule has 2 aliphatic carbocycles. The van der Waals surface area contributed by atoms with E-state index in [2.05, 4.69) is 0 Å². The molecule has 18 heavy (non-hydrogen) atoms. The van der Waals surface area contributed by atoms with Crippen molar-refractivity contribution in [2.75, 3.05) is 0 Å². The summed E-state index contributed by atoms with van der Waals surface area (Å²) in [5.74, 6) is -0.0936. The Balaban J connectivity index is 1.85. The standard InChI is InChI=1S/C14H21NO3/c1-14(2)10(7-11(14)16)15-12(17)8-5-3-4-6-9(8)13(15)18/h8-11,16H,3-7H2,1-2H3. The summed E-state index contributed by atoms with van der Waals surface area (Å²) < 4.78 is 0. The molecule has 0 aromatic carbocycles. The lowest BCUT2D eigenvalue weighted by molar-refractivity contribution is -0.163. The molecule has 1 saturated heterocycles. The van der Waals surface area contributed by atoms with Crippen molar-refractivity contribution in [1.82, 2.24) is 4.90 Å². The van der Waals surface area contributed by atoms with Gasteiger partial charge in [0.05, 0.1) is 17.9 Å². The summed E-state index contributed by atoms with van der Waals surface area (Å²) in [5, 5.41) is 9.79. The van der Waals surface area contributed by atoms with Gasteiger partial charge in [-0.2, -0.15) is 0 Å². The molecule has 0 spiro atoms. The highest BCUT2D eigenvalue weighted by atomic mass is 16.3. The summed E-state index contributed by atoms with van der Waals surface area (Å²) in [6.07, 6.45) is 3.99. The number of fused-ring (bicyclic) bond motifs is 1. The first-order chi connectivity index (χ1) is 8.44. The lowest BCUT2D eigenvalue weighted by atomic mass is 9.64. The lowest BCUT2D eigenvalue weighted by Crippen LogP contribution is -2.62. The molecule has 4 atom stereocenters. The molecule has 0 radical (unpaired) electrons. The highest BCUT2D eigenvalue weighted by molar-refractivity contribution is 6.05. The molecule has 1 heterocycles. The number of carbonyl (C=O) groups excluding carboxylic acids is 2. The molecule has 0 aromatic heterocycles. The number of nitrogens with zero attached hydrogens (tertiary/aromatic N) is 1. The summed E-state index contributed by atoms with van der Waals surface area (Å²) in [6.45, 7) is 3.88. The highest BCUT2D eigenvalue weighted by Gasteiger charge is 2.58. The number of aliphatic hydroxyl groups excluding tert-OH is 1. The summed E-state index contributed by atoms with van der Waals surface area (Å²) in [7, 11) is 0. The smallest absolute Gasteiger partial charge is 0.233 e. The number of likely N-dealkylation sites (tertiary alicyclic amines) is 1. The van der Waals surface area contributed by atoms with Crippen LogP contribution >= 0.6 is 0 Å². The fourth-order valence-electron chi connectivity index (χ4n) is 3.81. The molecule has 0 aromatic rings. The first-order valence-corrected chi connectivity index (χ1v) is 6.99. The largest absolute Gasteiger partial charge is 0.392 e. The Kier molecular flexibility index (Phi) is 2.56. The maximum atomic E-state index is 12.4. The van der Waals surface area contributed by atoms with Crippen LogP contribution in [0.2, 0.25) is 0 Å². The van der Waals surface area contributed by atoms with Crippen molar-refractivity contribution in [3.05, 3.63) is 0 Å². The molecule has 3 aliphatic rings. The lowest BCUT2D eigenvalue weighted by Gasteiger charge is -2.52. The van der Waals surface area contributed by atoms with Crippen LogP contribution in [0.25, 0.3) is 0 Å². The maximum absolute atomic E-state index is 12.4. The van der Waals surface area contributed by atoms with E-state index in [1.807, 2.05) is 13.8 Å². The van der Waals surface area contributed by atoms with Gasteiger partial charge in [0.2, 0.25) is 11.8 Å². The molecule has 4 nitrogen and oxygen atoms in total. The molecular formula is C14H21NO3. The topological polar surface area (TPSA) is 57.6 Å². The normalized spacial score (nSPS) is 42.7.